The van der Waals surface area contributed by atoms with Gasteiger partial charge < -0.3 is 19.5 Å². The molecule has 9 heteroatoms. The first-order valence-corrected chi connectivity index (χ1v) is 10.1. The van der Waals surface area contributed by atoms with E-state index in [0.29, 0.717) is 16.3 Å². The molecule has 7 nitrogen and oxygen atoms in total. The van der Waals surface area contributed by atoms with Crippen LogP contribution in [-0.4, -0.2) is 32.7 Å². The summed E-state index contributed by atoms with van der Waals surface area (Å²) in [6, 6.07) is 4.98. The van der Waals surface area contributed by atoms with Crippen LogP contribution in [0.2, 0.25) is 5.02 Å². The summed E-state index contributed by atoms with van der Waals surface area (Å²) in [5.41, 5.74) is 1.66. The minimum absolute atomic E-state index is 0.129. The molecule has 1 aliphatic carbocycles. The van der Waals surface area contributed by atoms with Crippen LogP contribution < -0.4 is 14.8 Å². The zero-order chi connectivity index (χ0) is 21.0. The van der Waals surface area contributed by atoms with E-state index in [1.807, 2.05) is 0 Å². The van der Waals surface area contributed by atoms with Crippen molar-refractivity contribution >= 4 is 39.8 Å². The zero-order valence-electron chi connectivity index (χ0n) is 16.0. The van der Waals surface area contributed by atoms with Crippen molar-refractivity contribution in [1.29, 1.82) is 5.26 Å². The zero-order valence-corrected chi connectivity index (χ0v) is 17.5. The fourth-order valence-corrected chi connectivity index (χ4v) is 4.73. The molecule has 2 aromatic rings. The third kappa shape index (κ3) is 4.47. The second-order valence-electron chi connectivity index (χ2n) is 6.34. The third-order valence-corrected chi connectivity index (χ3v) is 6.03. The van der Waals surface area contributed by atoms with E-state index in [2.05, 4.69) is 11.4 Å². The minimum atomic E-state index is -0.728. The van der Waals surface area contributed by atoms with Gasteiger partial charge in [0.2, 0.25) is 0 Å². The minimum Gasteiger partial charge on any atom is -0.493 e. The fraction of sp³-hybridized carbons (Fsp3) is 0.350. The number of thiophene rings is 1. The lowest BCUT2D eigenvalue weighted by atomic mass is 9.96. The molecule has 0 atom stereocenters. The molecule has 0 radical (unpaired) electrons. The topological polar surface area (TPSA) is 97.6 Å². The molecule has 3 rings (SSSR count). The Balaban J connectivity index is 1.66. The van der Waals surface area contributed by atoms with Crippen LogP contribution in [0.5, 0.6) is 11.5 Å². The van der Waals surface area contributed by atoms with Gasteiger partial charge in [0.15, 0.2) is 18.1 Å². The lowest BCUT2D eigenvalue weighted by molar-refractivity contribution is -0.119. The number of anilines is 1. The number of nitrogens with zero attached hydrogens (tertiary/aromatic N) is 1. The summed E-state index contributed by atoms with van der Waals surface area (Å²) < 4.78 is 15.4. The van der Waals surface area contributed by atoms with E-state index in [-0.39, 0.29) is 16.3 Å². The molecule has 0 saturated carbocycles. The molecule has 1 amide bonds. The van der Waals surface area contributed by atoms with Crippen molar-refractivity contribution < 1.29 is 23.8 Å². The van der Waals surface area contributed by atoms with Gasteiger partial charge in [0, 0.05) is 4.88 Å². The molecule has 0 spiro atoms. The molecular formula is C20H19ClN2O5S. The molecule has 1 heterocycles. The molecule has 0 aliphatic heterocycles. The van der Waals surface area contributed by atoms with Gasteiger partial charge in [-0.25, -0.2) is 4.79 Å². The summed E-state index contributed by atoms with van der Waals surface area (Å²) in [5, 5.41) is 12.8. The fourth-order valence-electron chi connectivity index (χ4n) is 3.19. The molecule has 0 saturated heterocycles. The van der Waals surface area contributed by atoms with Crippen molar-refractivity contribution in [3.8, 4) is 17.6 Å². The van der Waals surface area contributed by atoms with Crippen LogP contribution in [-0.2, 0) is 22.4 Å². The number of hydrogen-bond donors (Lipinski definition) is 1. The number of rotatable bonds is 6. The predicted molar refractivity (Wildman–Crippen MR) is 109 cm³/mol. The first kappa shape index (κ1) is 21.0. The van der Waals surface area contributed by atoms with Gasteiger partial charge in [0.1, 0.15) is 11.1 Å². The van der Waals surface area contributed by atoms with Gasteiger partial charge in [-0.15, -0.1) is 11.3 Å². The molecule has 29 heavy (non-hydrogen) atoms. The molecule has 1 aliphatic rings. The molecule has 152 valence electrons. The van der Waals surface area contributed by atoms with Crippen LogP contribution in [0.3, 0.4) is 0 Å². The first-order valence-electron chi connectivity index (χ1n) is 8.91. The number of esters is 1. The van der Waals surface area contributed by atoms with Gasteiger partial charge in [-0.3, -0.25) is 4.79 Å². The summed E-state index contributed by atoms with van der Waals surface area (Å²) in [4.78, 5) is 25.7. The maximum absolute atomic E-state index is 12.3. The number of carbonyl (C=O) groups excluding carboxylic acids is 2. The Morgan fingerprint density at radius 1 is 1.24 bits per heavy atom. The number of fused-ring (bicyclic) bond motifs is 1. The highest BCUT2D eigenvalue weighted by molar-refractivity contribution is 7.16. The summed E-state index contributed by atoms with van der Waals surface area (Å²) >= 11 is 7.50. The predicted octanol–water partition coefficient (Wildman–Crippen LogP) is 3.96. The molecule has 0 fully saturated rings. The Morgan fingerprint density at radius 3 is 2.69 bits per heavy atom. The van der Waals surface area contributed by atoms with E-state index in [1.54, 1.807) is 0 Å². The van der Waals surface area contributed by atoms with Gasteiger partial charge in [0.05, 0.1) is 30.4 Å². The maximum atomic E-state index is 12.3. The van der Waals surface area contributed by atoms with Crippen molar-refractivity contribution in [3.63, 3.8) is 0 Å². The molecule has 1 aromatic carbocycles. The first-order chi connectivity index (χ1) is 14.0. The lowest BCUT2D eigenvalue weighted by Crippen LogP contribution is -2.21. The average molecular weight is 435 g/mol. The Morgan fingerprint density at radius 2 is 2.00 bits per heavy atom. The number of aryl methyl sites for hydroxylation is 1. The molecular weight excluding hydrogens is 416 g/mol. The summed E-state index contributed by atoms with van der Waals surface area (Å²) in [7, 11) is 2.86. The lowest BCUT2D eigenvalue weighted by Gasteiger charge is -2.11. The van der Waals surface area contributed by atoms with Crippen LogP contribution in [0.25, 0.3) is 0 Å². The van der Waals surface area contributed by atoms with Crippen LogP contribution in [0.15, 0.2) is 12.1 Å². The highest BCUT2D eigenvalue weighted by atomic mass is 35.5. The monoisotopic (exact) mass is 434 g/mol. The Kier molecular flexibility index (Phi) is 6.62. The average Bonchev–Trinajstić information content (AvgIpc) is 3.07. The number of hydrogen-bond acceptors (Lipinski definition) is 7. The standard InChI is InChI=1S/C20H19ClN2O5S/c1-26-15-8-11(7-14(21)18(15)27-2)20(25)28-10-17(24)23-19-13(9-22)12-5-3-4-6-16(12)29-19/h7-8H,3-6,10H2,1-2H3,(H,23,24). The Bertz CT molecular complexity index is 996. The summed E-state index contributed by atoms with van der Waals surface area (Å²) in [6.45, 7) is -0.488. The van der Waals surface area contributed by atoms with E-state index in [0.717, 1.165) is 36.1 Å². The molecule has 1 aromatic heterocycles. The van der Waals surface area contributed by atoms with Gasteiger partial charge in [-0.05, 0) is 43.4 Å². The number of benzene rings is 1. The Hall–Kier alpha value is -2.76. The molecule has 1 N–H and O–H groups in total. The number of nitriles is 1. The summed E-state index contributed by atoms with van der Waals surface area (Å²) in [5.74, 6) is -0.664. The highest BCUT2D eigenvalue weighted by Gasteiger charge is 2.22. The number of nitrogens with one attached hydrogen (secondary N) is 1. The van der Waals surface area contributed by atoms with Crippen LogP contribution in [0, 0.1) is 11.3 Å². The largest absolute Gasteiger partial charge is 0.493 e. The van der Waals surface area contributed by atoms with Crippen molar-refractivity contribution in [2.45, 2.75) is 25.7 Å². The highest BCUT2D eigenvalue weighted by Crippen LogP contribution is 2.38. The molecule has 0 unspecified atom stereocenters. The van der Waals surface area contributed by atoms with E-state index < -0.39 is 18.5 Å². The normalized spacial score (nSPS) is 12.5. The second-order valence-corrected chi connectivity index (χ2v) is 7.86. The second kappa shape index (κ2) is 9.16. The summed E-state index contributed by atoms with van der Waals surface area (Å²) in [6.07, 6.45) is 3.88. The van der Waals surface area contributed by atoms with Gasteiger partial charge in [0.25, 0.3) is 5.91 Å². The number of methoxy groups -OCH3 is 2. The number of amides is 1. The maximum Gasteiger partial charge on any atom is 0.338 e. The number of ether oxygens (including phenoxy) is 3. The van der Waals surface area contributed by atoms with Crippen LogP contribution in [0.4, 0.5) is 5.00 Å². The quantitative estimate of drug-likeness (QED) is 0.691. The smallest absolute Gasteiger partial charge is 0.338 e. The SMILES string of the molecule is COc1cc(C(=O)OCC(=O)Nc2sc3c(c2C#N)CCCC3)cc(Cl)c1OC. The van der Waals surface area contributed by atoms with Crippen molar-refractivity contribution in [2.75, 3.05) is 26.1 Å². The number of carbonyl (C=O) groups is 2. The van der Waals surface area contributed by atoms with E-state index in [1.165, 1.54) is 37.7 Å². The van der Waals surface area contributed by atoms with E-state index in [9.17, 15) is 14.9 Å². The van der Waals surface area contributed by atoms with E-state index >= 15 is 0 Å². The van der Waals surface area contributed by atoms with Gasteiger partial charge >= 0.3 is 5.97 Å². The van der Waals surface area contributed by atoms with E-state index in [4.69, 9.17) is 25.8 Å². The van der Waals surface area contributed by atoms with Crippen molar-refractivity contribution in [2.24, 2.45) is 0 Å². The van der Waals surface area contributed by atoms with Crippen LogP contribution in [0.1, 0.15) is 39.2 Å². The van der Waals surface area contributed by atoms with Gasteiger partial charge in [-0.1, -0.05) is 11.6 Å². The molecule has 0 bridgehead atoms. The third-order valence-electron chi connectivity index (χ3n) is 4.54. The van der Waals surface area contributed by atoms with Crippen molar-refractivity contribution in [1.82, 2.24) is 0 Å². The van der Waals surface area contributed by atoms with Crippen LogP contribution >= 0.6 is 22.9 Å². The Labute approximate surface area is 177 Å². The van der Waals surface area contributed by atoms with Crippen molar-refractivity contribution in [3.05, 3.63) is 38.7 Å². The van der Waals surface area contributed by atoms with Gasteiger partial charge in [-0.2, -0.15) is 5.26 Å². The number of halogens is 1.